The molecule has 0 atom stereocenters. The zero-order chi connectivity index (χ0) is 15.0. The number of benzene rings is 1. The summed E-state index contributed by atoms with van der Waals surface area (Å²) in [5.74, 6) is 0.0371. The van der Waals surface area contributed by atoms with Crippen LogP contribution in [0.4, 0.5) is 0 Å². The van der Waals surface area contributed by atoms with Crippen LogP contribution in [-0.2, 0) is 11.2 Å². The van der Waals surface area contributed by atoms with E-state index in [2.05, 4.69) is 31.5 Å². The first-order valence-electron chi connectivity index (χ1n) is 6.90. The van der Waals surface area contributed by atoms with Gasteiger partial charge in [-0.2, -0.15) is 17.0 Å². The SMILES string of the molecule is CCC(CC)(CNC(=O)Cc1ccc(C#N)cc1)SC. The Labute approximate surface area is 125 Å². The first kappa shape index (κ1) is 16.6. The number of thioether (sulfide) groups is 1. The molecule has 1 amide bonds. The summed E-state index contributed by atoms with van der Waals surface area (Å²) in [6, 6.07) is 9.22. The van der Waals surface area contributed by atoms with Gasteiger partial charge in [-0.25, -0.2) is 0 Å². The minimum absolute atomic E-state index is 0.0371. The van der Waals surface area contributed by atoms with Crippen molar-refractivity contribution >= 4 is 17.7 Å². The monoisotopic (exact) mass is 290 g/mol. The fourth-order valence-corrected chi connectivity index (χ4v) is 2.86. The van der Waals surface area contributed by atoms with Gasteiger partial charge in [-0.3, -0.25) is 4.79 Å². The topological polar surface area (TPSA) is 52.9 Å². The predicted molar refractivity (Wildman–Crippen MR) is 84.7 cm³/mol. The fraction of sp³-hybridized carbons (Fsp3) is 0.500. The van der Waals surface area contributed by atoms with Gasteiger partial charge in [0.2, 0.25) is 5.91 Å². The Hall–Kier alpha value is -1.47. The van der Waals surface area contributed by atoms with Crippen LogP contribution >= 0.6 is 11.8 Å². The molecular formula is C16H22N2OS. The van der Waals surface area contributed by atoms with Crippen molar-refractivity contribution in [3.8, 4) is 6.07 Å². The maximum absolute atomic E-state index is 12.0. The number of hydrogen-bond acceptors (Lipinski definition) is 3. The second-order valence-corrected chi connectivity index (χ2v) is 6.13. The lowest BCUT2D eigenvalue weighted by atomic mass is 10.0. The Morgan fingerprint density at radius 3 is 2.35 bits per heavy atom. The van der Waals surface area contributed by atoms with Crippen LogP contribution in [0, 0.1) is 11.3 Å². The highest BCUT2D eigenvalue weighted by Gasteiger charge is 2.25. The number of nitriles is 1. The third kappa shape index (κ3) is 4.57. The summed E-state index contributed by atoms with van der Waals surface area (Å²) in [6.45, 7) is 5.02. The summed E-state index contributed by atoms with van der Waals surface area (Å²) in [6.07, 6.45) is 4.55. The van der Waals surface area contributed by atoms with E-state index in [9.17, 15) is 4.79 Å². The third-order valence-corrected chi connectivity index (χ3v) is 5.36. The summed E-state index contributed by atoms with van der Waals surface area (Å²) < 4.78 is 0.139. The van der Waals surface area contributed by atoms with E-state index in [0.29, 0.717) is 18.5 Å². The van der Waals surface area contributed by atoms with Gasteiger partial charge in [0, 0.05) is 11.3 Å². The van der Waals surface area contributed by atoms with Crippen molar-refractivity contribution in [2.45, 2.75) is 37.9 Å². The molecule has 0 aliphatic rings. The van der Waals surface area contributed by atoms with Crippen molar-refractivity contribution in [3.05, 3.63) is 35.4 Å². The van der Waals surface area contributed by atoms with Crippen LogP contribution in [0.15, 0.2) is 24.3 Å². The number of carbonyl (C=O) groups excluding carboxylic acids is 1. The van der Waals surface area contributed by atoms with Crippen LogP contribution in [-0.4, -0.2) is 23.5 Å². The number of nitrogens with zero attached hydrogens (tertiary/aromatic N) is 1. The normalized spacial score (nSPS) is 10.9. The van der Waals surface area contributed by atoms with E-state index in [1.165, 1.54) is 0 Å². The number of nitrogens with one attached hydrogen (secondary N) is 1. The molecule has 108 valence electrons. The minimum Gasteiger partial charge on any atom is -0.354 e. The van der Waals surface area contributed by atoms with Gasteiger partial charge in [-0.1, -0.05) is 26.0 Å². The van der Waals surface area contributed by atoms with Crippen molar-refractivity contribution < 1.29 is 4.79 Å². The standard InChI is InChI=1S/C16H22N2OS/c1-4-16(5-2,20-3)12-18-15(19)10-13-6-8-14(11-17)9-7-13/h6-9H,4-5,10,12H2,1-3H3,(H,18,19). The third-order valence-electron chi connectivity index (χ3n) is 3.78. The van der Waals surface area contributed by atoms with Gasteiger partial charge in [0.25, 0.3) is 0 Å². The number of carbonyl (C=O) groups is 1. The molecule has 0 bridgehead atoms. The molecule has 0 aliphatic carbocycles. The summed E-state index contributed by atoms with van der Waals surface area (Å²) >= 11 is 1.82. The molecule has 0 heterocycles. The summed E-state index contributed by atoms with van der Waals surface area (Å²) in [4.78, 5) is 12.0. The number of rotatable bonds is 7. The molecule has 0 spiro atoms. The van der Waals surface area contributed by atoms with E-state index in [1.54, 1.807) is 12.1 Å². The average Bonchev–Trinajstić information content (AvgIpc) is 2.50. The number of amides is 1. The highest BCUT2D eigenvalue weighted by molar-refractivity contribution is 8.00. The first-order valence-corrected chi connectivity index (χ1v) is 8.12. The largest absolute Gasteiger partial charge is 0.354 e. The molecule has 0 saturated heterocycles. The minimum atomic E-state index is 0.0371. The average molecular weight is 290 g/mol. The molecule has 0 aromatic heterocycles. The van der Waals surface area contributed by atoms with E-state index < -0.39 is 0 Å². The molecule has 1 rings (SSSR count). The highest BCUT2D eigenvalue weighted by Crippen LogP contribution is 2.29. The van der Waals surface area contributed by atoms with Crippen molar-refractivity contribution in [3.63, 3.8) is 0 Å². The van der Waals surface area contributed by atoms with Crippen molar-refractivity contribution in [2.24, 2.45) is 0 Å². The molecule has 0 aliphatic heterocycles. The summed E-state index contributed by atoms with van der Waals surface area (Å²) in [7, 11) is 0. The number of hydrogen-bond donors (Lipinski definition) is 1. The van der Waals surface area contributed by atoms with Gasteiger partial charge < -0.3 is 5.32 Å². The molecule has 1 aromatic rings. The molecule has 20 heavy (non-hydrogen) atoms. The Bertz CT molecular complexity index is 464. The van der Waals surface area contributed by atoms with Crippen LogP contribution in [0.5, 0.6) is 0 Å². The zero-order valence-corrected chi connectivity index (χ0v) is 13.2. The lowest BCUT2D eigenvalue weighted by Gasteiger charge is -2.29. The summed E-state index contributed by atoms with van der Waals surface area (Å²) in [5.41, 5.74) is 1.55. The maximum Gasteiger partial charge on any atom is 0.224 e. The predicted octanol–water partition coefficient (Wildman–Crippen LogP) is 3.14. The van der Waals surface area contributed by atoms with Gasteiger partial charge in [0.1, 0.15) is 0 Å². The molecular weight excluding hydrogens is 268 g/mol. The quantitative estimate of drug-likeness (QED) is 0.839. The van der Waals surface area contributed by atoms with Crippen LogP contribution < -0.4 is 5.32 Å². The van der Waals surface area contributed by atoms with Crippen LogP contribution in [0.25, 0.3) is 0 Å². The second kappa shape index (κ2) is 7.96. The lowest BCUT2D eigenvalue weighted by Crippen LogP contribution is -2.40. The van der Waals surface area contributed by atoms with E-state index in [1.807, 2.05) is 23.9 Å². The van der Waals surface area contributed by atoms with Crippen molar-refractivity contribution in [1.29, 1.82) is 5.26 Å². The lowest BCUT2D eigenvalue weighted by molar-refractivity contribution is -0.120. The first-order chi connectivity index (χ1) is 9.59. The van der Waals surface area contributed by atoms with E-state index in [4.69, 9.17) is 5.26 Å². The molecule has 1 N–H and O–H groups in total. The van der Waals surface area contributed by atoms with E-state index in [-0.39, 0.29) is 10.7 Å². The van der Waals surface area contributed by atoms with Crippen molar-refractivity contribution in [2.75, 3.05) is 12.8 Å². The van der Waals surface area contributed by atoms with Gasteiger partial charge in [-0.05, 0) is 36.8 Å². The Kier molecular flexibility index (Phi) is 6.60. The fourth-order valence-electron chi connectivity index (χ4n) is 2.07. The molecule has 1 aromatic carbocycles. The van der Waals surface area contributed by atoms with Gasteiger partial charge in [0.15, 0.2) is 0 Å². The maximum atomic E-state index is 12.0. The van der Waals surface area contributed by atoms with Gasteiger partial charge in [-0.15, -0.1) is 0 Å². The van der Waals surface area contributed by atoms with Crippen LogP contribution in [0.1, 0.15) is 37.8 Å². The smallest absolute Gasteiger partial charge is 0.224 e. The van der Waals surface area contributed by atoms with Crippen LogP contribution in [0.3, 0.4) is 0 Å². The Morgan fingerprint density at radius 2 is 1.90 bits per heavy atom. The van der Waals surface area contributed by atoms with Gasteiger partial charge >= 0.3 is 0 Å². The highest BCUT2D eigenvalue weighted by atomic mass is 32.2. The Balaban J connectivity index is 2.53. The molecule has 0 radical (unpaired) electrons. The zero-order valence-electron chi connectivity index (χ0n) is 12.4. The van der Waals surface area contributed by atoms with Crippen LogP contribution in [0.2, 0.25) is 0 Å². The Morgan fingerprint density at radius 1 is 1.30 bits per heavy atom. The summed E-state index contributed by atoms with van der Waals surface area (Å²) in [5, 5.41) is 11.8. The molecule has 0 unspecified atom stereocenters. The van der Waals surface area contributed by atoms with Crippen molar-refractivity contribution in [1.82, 2.24) is 5.32 Å². The molecule has 3 nitrogen and oxygen atoms in total. The molecule has 0 saturated carbocycles. The van der Waals surface area contributed by atoms with E-state index in [0.717, 1.165) is 18.4 Å². The van der Waals surface area contributed by atoms with Gasteiger partial charge in [0.05, 0.1) is 18.1 Å². The second-order valence-electron chi connectivity index (χ2n) is 4.86. The molecule has 4 heteroatoms. The van der Waals surface area contributed by atoms with E-state index >= 15 is 0 Å². The molecule has 0 fully saturated rings.